The highest BCUT2D eigenvalue weighted by molar-refractivity contribution is 5.95. The van der Waals surface area contributed by atoms with Crippen molar-refractivity contribution in [2.75, 3.05) is 33.7 Å². The standard InChI is InChI=1S/C18H23N3O2/c1-20(2)12-18(23)10-5-11-21(13-18)17(22)16-9-8-14-6-3-4-7-15(14)19-16/h3-4,6-9,23H,5,10-13H2,1-2H3/t18-/m0/s1. The molecule has 1 amide bonds. The maximum absolute atomic E-state index is 12.8. The van der Waals surface area contributed by atoms with E-state index in [0.717, 1.165) is 23.7 Å². The molecule has 1 N–H and O–H groups in total. The molecule has 1 aromatic carbocycles. The molecule has 3 rings (SSSR count). The normalized spacial score (nSPS) is 21.8. The molecule has 0 bridgehead atoms. The molecule has 0 aliphatic carbocycles. The minimum absolute atomic E-state index is 0.104. The second-order valence-corrected chi connectivity index (χ2v) is 6.68. The maximum Gasteiger partial charge on any atom is 0.272 e. The third-order valence-electron chi connectivity index (χ3n) is 4.27. The first-order valence-corrected chi connectivity index (χ1v) is 7.99. The van der Waals surface area contributed by atoms with Crippen LogP contribution in [-0.2, 0) is 0 Å². The molecule has 23 heavy (non-hydrogen) atoms. The summed E-state index contributed by atoms with van der Waals surface area (Å²) in [4.78, 5) is 20.9. The molecule has 1 aromatic heterocycles. The van der Waals surface area contributed by atoms with Gasteiger partial charge in [0.15, 0.2) is 0 Å². The molecule has 0 unspecified atom stereocenters. The molecule has 0 radical (unpaired) electrons. The van der Waals surface area contributed by atoms with E-state index in [-0.39, 0.29) is 5.91 Å². The van der Waals surface area contributed by atoms with Crippen molar-refractivity contribution in [1.29, 1.82) is 0 Å². The van der Waals surface area contributed by atoms with Crippen LogP contribution in [0.15, 0.2) is 36.4 Å². The molecule has 1 aliphatic rings. The lowest BCUT2D eigenvalue weighted by Gasteiger charge is -2.40. The minimum atomic E-state index is -0.839. The number of carbonyl (C=O) groups is 1. The molecule has 5 nitrogen and oxygen atoms in total. The van der Waals surface area contributed by atoms with Gasteiger partial charge in [0.2, 0.25) is 0 Å². The first kappa shape index (κ1) is 15.9. The van der Waals surface area contributed by atoms with Crippen molar-refractivity contribution in [3.05, 3.63) is 42.1 Å². The third-order valence-corrected chi connectivity index (χ3v) is 4.27. The van der Waals surface area contributed by atoms with Gasteiger partial charge in [0.25, 0.3) is 5.91 Å². The van der Waals surface area contributed by atoms with Gasteiger partial charge in [-0.05, 0) is 39.1 Å². The molecule has 0 saturated carbocycles. The lowest BCUT2D eigenvalue weighted by atomic mass is 9.92. The van der Waals surface area contributed by atoms with E-state index in [1.54, 1.807) is 11.0 Å². The number of pyridine rings is 1. The molecule has 1 saturated heterocycles. The number of carbonyl (C=O) groups excluding carboxylic acids is 1. The Balaban J connectivity index is 1.80. The lowest BCUT2D eigenvalue weighted by Crippen LogP contribution is -2.54. The van der Waals surface area contributed by atoms with Gasteiger partial charge >= 0.3 is 0 Å². The number of rotatable bonds is 3. The predicted molar refractivity (Wildman–Crippen MR) is 90.4 cm³/mol. The van der Waals surface area contributed by atoms with Gasteiger partial charge in [-0.3, -0.25) is 4.79 Å². The summed E-state index contributed by atoms with van der Waals surface area (Å²) in [6.45, 7) is 1.59. The Hall–Kier alpha value is -1.98. The largest absolute Gasteiger partial charge is 0.387 e. The number of para-hydroxylation sites is 1. The van der Waals surface area contributed by atoms with Crippen molar-refractivity contribution >= 4 is 16.8 Å². The quantitative estimate of drug-likeness (QED) is 0.938. The van der Waals surface area contributed by atoms with E-state index in [0.29, 0.717) is 25.3 Å². The van der Waals surface area contributed by atoms with Gasteiger partial charge in [-0.25, -0.2) is 4.98 Å². The van der Waals surface area contributed by atoms with Crippen molar-refractivity contribution in [3.8, 4) is 0 Å². The van der Waals surface area contributed by atoms with Crippen LogP contribution in [0.25, 0.3) is 10.9 Å². The number of piperidine rings is 1. The molecular formula is C18H23N3O2. The highest BCUT2D eigenvalue weighted by Crippen LogP contribution is 2.23. The van der Waals surface area contributed by atoms with Crippen molar-refractivity contribution in [3.63, 3.8) is 0 Å². The number of aliphatic hydroxyl groups is 1. The zero-order chi connectivity index (χ0) is 16.4. The number of β-amino-alcohol motifs (C(OH)–C–C–N with tert-alkyl or cyclic N) is 1. The summed E-state index contributed by atoms with van der Waals surface area (Å²) in [5.74, 6) is -0.104. The summed E-state index contributed by atoms with van der Waals surface area (Å²) >= 11 is 0. The maximum atomic E-state index is 12.8. The second kappa shape index (κ2) is 6.26. The van der Waals surface area contributed by atoms with Crippen LogP contribution in [-0.4, -0.2) is 65.1 Å². The fourth-order valence-electron chi connectivity index (χ4n) is 3.35. The summed E-state index contributed by atoms with van der Waals surface area (Å²) in [5.41, 5.74) is 0.422. The van der Waals surface area contributed by atoms with Crippen LogP contribution >= 0.6 is 0 Å². The molecule has 2 aromatic rings. The average molecular weight is 313 g/mol. The fraction of sp³-hybridized carbons (Fsp3) is 0.444. The van der Waals surface area contributed by atoms with Gasteiger partial charge in [0.05, 0.1) is 17.7 Å². The van der Waals surface area contributed by atoms with Crippen molar-refractivity contribution in [1.82, 2.24) is 14.8 Å². The van der Waals surface area contributed by atoms with Gasteiger partial charge in [0, 0.05) is 18.5 Å². The second-order valence-electron chi connectivity index (χ2n) is 6.68. The molecule has 1 fully saturated rings. The smallest absolute Gasteiger partial charge is 0.272 e. The number of hydrogen-bond donors (Lipinski definition) is 1. The SMILES string of the molecule is CN(C)C[C@@]1(O)CCCN(C(=O)c2ccc3ccccc3n2)C1. The number of likely N-dealkylation sites (N-methyl/N-ethyl adjacent to an activating group) is 1. The summed E-state index contributed by atoms with van der Waals surface area (Å²) in [6.07, 6.45) is 1.53. The van der Waals surface area contributed by atoms with E-state index >= 15 is 0 Å². The predicted octanol–water partition coefficient (Wildman–Crippen LogP) is 1.76. The monoisotopic (exact) mass is 313 g/mol. The molecule has 2 heterocycles. The summed E-state index contributed by atoms with van der Waals surface area (Å²) in [6, 6.07) is 11.5. The Morgan fingerprint density at radius 2 is 2.09 bits per heavy atom. The number of fused-ring (bicyclic) bond motifs is 1. The third kappa shape index (κ3) is 3.51. The Bertz CT molecular complexity index is 716. The van der Waals surface area contributed by atoms with Crippen molar-refractivity contribution in [2.45, 2.75) is 18.4 Å². The summed E-state index contributed by atoms with van der Waals surface area (Å²) < 4.78 is 0. The van der Waals surface area contributed by atoms with Crippen LogP contribution in [0.5, 0.6) is 0 Å². The first-order valence-electron chi connectivity index (χ1n) is 7.99. The first-order chi connectivity index (χ1) is 11.0. The van der Waals surface area contributed by atoms with Gasteiger partial charge in [-0.1, -0.05) is 24.3 Å². The van der Waals surface area contributed by atoms with E-state index in [1.165, 1.54) is 0 Å². The fourth-order valence-corrected chi connectivity index (χ4v) is 3.35. The highest BCUT2D eigenvalue weighted by Gasteiger charge is 2.36. The Labute approximate surface area is 136 Å². The van der Waals surface area contributed by atoms with Crippen LogP contribution in [0.3, 0.4) is 0 Å². The minimum Gasteiger partial charge on any atom is -0.387 e. The van der Waals surface area contributed by atoms with Crippen molar-refractivity contribution < 1.29 is 9.90 Å². The van der Waals surface area contributed by atoms with E-state index < -0.39 is 5.60 Å². The zero-order valence-corrected chi connectivity index (χ0v) is 13.7. The topological polar surface area (TPSA) is 56.7 Å². The van der Waals surface area contributed by atoms with Crippen LogP contribution in [0, 0.1) is 0 Å². The van der Waals surface area contributed by atoms with Crippen LogP contribution in [0.4, 0.5) is 0 Å². The molecule has 122 valence electrons. The highest BCUT2D eigenvalue weighted by atomic mass is 16.3. The van der Waals surface area contributed by atoms with Gasteiger partial charge in [0.1, 0.15) is 5.69 Å². The van der Waals surface area contributed by atoms with E-state index in [2.05, 4.69) is 4.98 Å². The van der Waals surface area contributed by atoms with Gasteiger partial charge in [-0.15, -0.1) is 0 Å². The number of benzene rings is 1. The van der Waals surface area contributed by atoms with Crippen LogP contribution < -0.4 is 0 Å². The molecular weight excluding hydrogens is 290 g/mol. The van der Waals surface area contributed by atoms with E-state index in [1.807, 2.05) is 49.3 Å². The van der Waals surface area contributed by atoms with Gasteiger partial charge < -0.3 is 14.9 Å². The number of nitrogens with zero attached hydrogens (tertiary/aromatic N) is 3. The summed E-state index contributed by atoms with van der Waals surface area (Å²) in [5, 5.41) is 11.7. The molecule has 5 heteroatoms. The number of likely N-dealkylation sites (tertiary alicyclic amines) is 1. The number of hydrogen-bond acceptors (Lipinski definition) is 4. The number of amides is 1. The lowest BCUT2D eigenvalue weighted by molar-refractivity contribution is -0.0392. The van der Waals surface area contributed by atoms with Gasteiger partial charge in [-0.2, -0.15) is 0 Å². The summed E-state index contributed by atoms with van der Waals surface area (Å²) in [7, 11) is 3.87. The zero-order valence-electron chi connectivity index (χ0n) is 13.7. The molecule has 1 atom stereocenters. The van der Waals surface area contributed by atoms with Crippen LogP contribution in [0.1, 0.15) is 23.3 Å². The van der Waals surface area contributed by atoms with E-state index in [4.69, 9.17) is 0 Å². The Morgan fingerprint density at radius 1 is 1.30 bits per heavy atom. The molecule has 1 aliphatic heterocycles. The van der Waals surface area contributed by atoms with Crippen LogP contribution in [0.2, 0.25) is 0 Å². The van der Waals surface area contributed by atoms with E-state index in [9.17, 15) is 9.90 Å². The number of aromatic nitrogens is 1. The Kier molecular flexibility index (Phi) is 4.33. The molecule has 0 spiro atoms. The average Bonchev–Trinajstić information content (AvgIpc) is 2.52. The van der Waals surface area contributed by atoms with Crippen molar-refractivity contribution in [2.24, 2.45) is 0 Å². The Morgan fingerprint density at radius 3 is 2.87 bits per heavy atom.